The minimum absolute atomic E-state index is 0.161. The monoisotopic (exact) mass is 214 g/mol. The number of fused-ring (bicyclic) bond motifs is 1. The van der Waals surface area contributed by atoms with Gasteiger partial charge in [0.2, 0.25) is 5.91 Å². The molecule has 0 aliphatic carbocycles. The molecule has 0 fully saturated rings. The van der Waals surface area contributed by atoms with Gasteiger partial charge in [0.1, 0.15) is 5.69 Å². The maximum absolute atomic E-state index is 11.0. The van der Waals surface area contributed by atoms with E-state index in [4.69, 9.17) is 0 Å². The minimum Gasteiger partial charge on any atom is -0.324 e. The third-order valence-corrected chi connectivity index (χ3v) is 2.25. The van der Waals surface area contributed by atoms with E-state index in [9.17, 15) is 9.59 Å². The number of pyridine rings is 1. The van der Waals surface area contributed by atoms with Gasteiger partial charge in [0.05, 0.1) is 11.9 Å². The number of nitrogens with one attached hydrogen (secondary N) is 1. The van der Waals surface area contributed by atoms with Crippen LogP contribution in [0.4, 0.5) is 5.69 Å². The molecule has 0 aliphatic heterocycles. The van der Waals surface area contributed by atoms with Crippen LogP contribution in [-0.2, 0) is 4.79 Å². The highest BCUT2D eigenvalue weighted by molar-refractivity contribution is 6.05. The molecule has 0 unspecified atom stereocenters. The van der Waals surface area contributed by atoms with E-state index in [-0.39, 0.29) is 5.91 Å². The van der Waals surface area contributed by atoms with Crippen molar-refractivity contribution in [3.63, 3.8) is 0 Å². The fourth-order valence-corrected chi connectivity index (χ4v) is 1.60. The van der Waals surface area contributed by atoms with Crippen LogP contribution in [0.3, 0.4) is 0 Å². The van der Waals surface area contributed by atoms with E-state index in [0.717, 1.165) is 10.8 Å². The number of carbonyl (C=O) groups excluding carboxylic acids is 2. The smallest absolute Gasteiger partial charge is 0.221 e. The molecule has 1 aromatic heterocycles. The van der Waals surface area contributed by atoms with E-state index in [2.05, 4.69) is 10.3 Å². The Kier molecular flexibility index (Phi) is 2.64. The molecule has 0 bridgehead atoms. The summed E-state index contributed by atoms with van der Waals surface area (Å²) in [6.07, 6.45) is 2.20. The van der Waals surface area contributed by atoms with Crippen LogP contribution in [0.15, 0.2) is 30.5 Å². The third kappa shape index (κ3) is 1.77. The largest absolute Gasteiger partial charge is 0.324 e. The van der Waals surface area contributed by atoms with Crippen LogP contribution in [0.25, 0.3) is 10.8 Å². The Hall–Kier alpha value is -2.23. The molecule has 2 rings (SSSR count). The van der Waals surface area contributed by atoms with Crippen LogP contribution in [0.1, 0.15) is 17.4 Å². The molecule has 4 heteroatoms. The highest BCUT2D eigenvalue weighted by atomic mass is 16.1. The van der Waals surface area contributed by atoms with Crippen molar-refractivity contribution in [2.45, 2.75) is 6.92 Å². The topological polar surface area (TPSA) is 59.1 Å². The molecule has 1 aromatic carbocycles. The van der Waals surface area contributed by atoms with E-state index in [1.807, 2.05) is 18.2 Å². The van der Waals surface area contributed by atoms with Crippen LogP contribution in [0.5, 0.6) is 0 Å². The zero-order valence-electron chi connectivity index (χ0n) is 8.73. The van der Waals surface area contributed by atoms with Gasteiger partial charge < -0.3 is 5.32 Å². The summed E-state index contributed by atoms with van der Waals surface area (Å²) < 4.78 is 0. The maximum Gasteiger partial charge on any atom is 0.221 e. The zero-order chi connectivity index (χ0) is 11.5. The first-order valence-electron chi connectivity index (χ1n) is 4.83. The second-order valence-electron chi connectivity index (χ2n) is 3.40. The molecule has 1 heterocycles. The van der Waals surface area contributed by atoms with Gasteiger partial charge in [-0.25, -0.2) is 0 Å². The van der Waals surface area contributed by atoms with Gasteiger partial charge in [-0.15, -0.1) is 0 Å². The fraction of sp³-hybridized carbons (Fsp3) is 0.0833. The van der Waals surface area contributed by atoms with Crippen molar-refractivity contribution >= 4 is 28.7 Å². The number of hydrogen-bond donors (Lipinski definition) is 1. The Labute approximate surface area is 92.3 Å². The Bertz CT molecular complexity index is 564. The van der Waals surface area contributed by atoms with Crippen molar-refractivity contribution in [1.82, 2.24) is 4.98 Å². The van der Waals surface area contributed by atoms with Gasteiger partial charge in [0.25, 0.3) is 0 Å². The second-order valence-corrected chi connectivity index (χ2v) is 3.40. The maximum atomic E-state index is 11.0. The van der Waals surface area contributed by atoms with E-state index >= 15 is 0 Å². The lowest BCUT2D eigenvalue weighted by Gasteiger charge is -2.07. The first-order chi connectivity index (χ1) is 7.72. The Morgan fingerprint density at radius 1 is 1.31 bits per heavy atom. The summed E-state index contributed by atoms with van der Waals surface area (Å²) in [4.78, 5) is 25.8. The lowest BCUT2D eigenvalue weighted by atomic mass is 10.1. The standard InChI is InChI=1S/C12H10N2O2/c1-8(16)14-11-6-13-12(7-15)10-5-3-2-4-9(10)11/h2-7H,1H3,(H,14,16). The first kappa shape index (κ1) is 10.3. The number of benzene rings is 1. The molecule has 2 aromatic rings. The number of carbonyl (C=O) groups is 2. The van der Waals surface area contributed by atoms with E-state index in [1.165, 1.54) is 13.1 Å². The molecule has 0 radical (unpaired) electrons. The number of amides is 1. The van der Waals surface area contributed by atoms with Crippen LogP contribution in [0.2, 0.25) is 0 Å². The number of aldehydes is 1. The summed E-state index contributed by atoms with van der Waals surface area (Å²) >= 11 is 0. The lowest BCUT2D eigenvalue weighted by Crippen LogP contribution is -2.07. The summed E-state index contributed by atoms with van der Waals surface area (Å²) in [6.45, 7) is 1.43. The van der Waals surface area contributed by atoms with Crippen molar-refractivity contribution in [2.24, 2.45) is 0 Å². The molecule has 0 saturated carbocycles. The average molecular weight is 214 g/mol. The predicted molar refractivity (Wildman–Crippen MR) is 61.4 cm³/mol. The Morgan fingerprint density at radius 3 is 2.62 bits per heavy atom. The molecule has 0 aliphatic rings. The summed E-state index contributed by atoms with van der Waals surface area (Å²) in [7, 11) is 0. The Morgan fingerprint density at radius 2 is 2.00 bits per heavy atom. The van der Waals surface area contributed by atoms with Gasteiger partial charge in [0, 0.05) is 17.7 Å². The minimum atomic E-state index is -0.161. The normalized spacial score (nSPS) is 10.1. The average Bonchev–Trinajstić information content (AvgIpc) is 2.29. The quantitative estimate of drug-likeness (QED) is 0.778. The number of anilines is 1. The van der Waals surface area contributed by atoms with Gasteiger partial charge in [0.15, 0.2) is 6.29 Å². The summed E-state index contributed by atoms with van der Waals surface area (Å²) in [5.74, 6) is -0.161. The summed E-state index contributed by atoms with van der Waals surface area (Å²) in [6, 6.07) is 7.32. The molecule has 1 amide bonds. The van der Waals surface area contributed by atoms with Gasteiger partial charge >= 0.3 is 0 Å². The van der Waals surface area contributed by atoms with Crippen LogP contribution in [-0.4, -0.2) is 17.2 Å². The lowest BCUT2D eigenvalue weighted by molar-refractivity contribution is -0.114. The van der Waals surface area contributed by atoms with Crippen LogP contribution in [0, 0.1) is 0 Å². The van der Waals surface area contributed by atoms with Crippen molar-refractivity contribution in [3.05, 3.63) is 36.2 Å². The molecule has 0 saturated heterocycles. The van der Waals surface area contributed by atoms with Crippen molar-refractivity contribution in [2.75, 3.05) is 5.32 Å². The van der Waals surface area contributed by atoms with Gasteiger partial charge in [-0.3, -0.25) is 14.6 Å². The zero-order valence-corrected chi connectivity index (χ0v) is 8.73. The number of aromatic nitrogens is 1. The van der Waals surface area contributed by atoms with Crippen molar-refractivity contribution in [1.29, 1.82) is 0 Å². The SMILES string of the molecule is CC(=O)Nc1cnc(C=O)c2ccccc12. The molecular formula is C12H10N2O2. The van der Waals surface area contributed by atoms with E-state index in [0.29, 0.717) is 17.7 Å². The molecule has 80 valence electrons. The van der Waals surface area contributed by atoms with Crippen LogP contribution < -0.4 is 5.32 Å². The van der Waals surface area contributed by atoms with Crippen molar-refractivity contribution in [3.8, 4) is 0 Å². The van der Waals surface area contributed by atoms with Gasteiger partial charge in [-0.2, -0.15) is 0 Å². The summed E-state index contributed by atoms with van der Waals surface area (Å²) in [5, 5.41) is 4.24. The Balaban J connectivity index is 2.69. The molecule has 0 atom stereocenters. The first-order valence-corrected chi connectivity index (χ1v) is 4.83. The predicted octanol–water partition coefficient (Wildman–Crippen LogP) is 2.01. The number of nitrogens with zero attached hydrogens (tertiary/aromatic N) is 1. The van der Waals surface area contributed by atoms with E-state index < -0.39 is 0 Å². The fourth-order valence-electron chi connectivity index (χ4n) is 1.60. The third-order valence-electron chi connectivity index (χ3n) is 2.25. The summed E-state index contributed by atoms with van der Waals surface area (Å²) in [5.41, 5.74) is 0.999. The second kappa shape index (κ2) is 4.10. The molecule has 4 nitrogen and oxygen atoms in total. The van der Waals surface area contributed by atoms with E-state index in [1.54, 1.807) is 6.07 Å². The number of rotatable bonds is 2. The molecule has 0 spiro atoms. The van der Waals surface area contributed by atoms with Crippen molar-refractivity contribution < 1.29 is 9.59 Å². The highest BCUT2D eigenvalue weighted by Gasteiger charge is 2.06. The molecule has 16 heavy (non-hydrogen) atoms. The number of hydrogen-bond acceptors (Lipinski definition) is 3. The highest BCUT2D eigenvalue weighted by Crippen LogP contribution is 2.23. The van der Waals surface area contributed by atoms with Gasteiger partial charge in [-0.05, 0) is 0 Å². The van der Waals surface area contributed by atoms with Crippen LogP contribution >= 0.6 is 0 Å². The molecule has 1 N–H and O–H groups in total. The molecular weight excluding hydrogens is 204 g/mol. The van der Waals surface area contributed by atoms with Gasteiger partial charge in [-0.1, -0.05) is 24.3 Å².